The summed E-state index contributed by atoms with van der Waals surface area (Å²) in [6, 6.07) is 14.7. The third-order valence-electron chi connectivity index (χ3n) is 4.03. The number of hydrogen-bond acceptors (Lipinski definition) is 3. The summed E-state index contributed by atoms with van der Waals surface area (Å²) in [5.74, 6) is 5.03. The zero-order valence-corrected chi connectivity index (χ0v) is 15.2. The second-order valence-corrected chi connectivity index (χ2v) is 6.44. The van der Waals surface area contributed by atoms with Crippen LogP contribution in [-0.4, -0.2) is 23.7 Å². The van der Waals surface area contributed by atoms with E-state index in [1.165, 1.54) is 0 Å². The Morgan fingerprint density at radius 2 is 1.69 bits per heavy atom. The number of carbonyl (C=O) groups excluding carboxylic acids is 1. The van der Waals surface area contributed by atoms with Gasteiger partial charge in [0.2, 0.25) is 0 Å². The van der Waals surface area contributed by atoms with Gasteiger partial charge in [-0.3, -0.25) is 9.59 Å². The first-order valence-electron chi connectivity index (χ1n) is 8.43. The summed E-state index contributed by atoms with van der Waals surface area (Å²) in [4.78, 5) is 22.9. The van der Waals surface area contributed by atoms with Gasteiger partial charge in [0.05, 0.1) is 18.4 Å². The third-order valence-corrected chi connectivity index (χ3v) is 4.03. The molecule has 0 amide bonds. The quantitative estimate of drug-likeness (QED) is 0.662. The Bertz CT molecular complexity index is 852. The van der Waals surface area contributed by atoms with Gasteiger partial charge >= 0.3 is 11.9 Å². The van der Waals surface area contributed by atoms with Gasteiger partial charge in [0.15, 0.2) is 0 Å². The molecule has 1 N–H and O–H groups in total. The monoisotopic (exact) mass is 350 g/mol. The highest BCUT2D eigenvalue weighted by molar-refractivity contribution is 5.82. The molecule has 0 aliphatic carbocycles. The molecule has 0 spiro atoms. The predicted molar refractivity (Wildman–Crippen MR) is 99.9 cm³/mol. The normalized spacial score (nSPS) is 10.6. The lowest BCUT2D eigenvalue weighted by Gasteiger charge is -2.22. The van der Waals surface area contributed by atoms with Crippen LogP contribution in [0.4, 0.5) is 0 Å². The summed E-state index contributed by atoms with van der Waals surface area (Å²) in [5.41, 5.74) is 2.44. The third kappa shape index (κ3) is 4.97. The van der Waals surface area contributed by atoms with E-state index >= 15 is 0 Å². The van der Waals surface area contributed by atoms with Crippen molar-refractivity contribution < 1.29 is 19.4 Å². The molecule has 0 heterocycles. The number of benzene rings is 2. The Balaban J connectivity index is 2.20. The van der Waals surface area contributed by atoms with Crippen molar-refractivity contribution in [1.29, 1.82) is 0 Å². The lowest BCUT2D eigenvalue weighted by molar-refractivity contribution is -0.148. The second kappa shape index (κ2) is 8.35. The fraction of sp³-hybridized carbons (Fsp3) is 0.273. The van der Waals surface area contributed by atoms with Gasteiger partial charge in [-0.1, -0.05) is 36.1 Å². The van der Waals surface area contributed by atoms with Crippen molar-refractivity contribution in [2.45, 2.75) is 32.6 Å². The van der Waals surface area contributed by atoms with Gasteiger partial charge in [0.1, 0.15) is 0 Å². The molecule has 0 atom stereocenters. The molecular formula is C22H22O4. The lowest BCUT2D eigenvalue weighted by Crippen LogP contribution is -2.31. The van der Waals surface area contributed by atoms with Crippen LogP contribution in [0.2, 0.25) is 0 Å². The van der Waals surface area contributed by atoms with Crippen LogP contribution in [0, 0.1) is 11.8 Å². The first kappa shape index (κ1) is 19.3. The maximum absolute atomic E-state index is 12.2. The van der Waals surface area contributed by atoms with Crippen molar-refractivity contribution in [3.63, 3.8) is 0 Å². The largest absolute Gasteiger partial charge is 0.481 e. The number of aliphatic carboxylic acids is 1. The molecule has 4 nitrogen and oxygen atoms in total. The van der Waals surface area contributed by atoms with Gasteiger partial charge in [-0.05, 0) is 56.2 Å². The predicted octanol–water partition coefficient (Wildman–Crippen LogP) is 3.55. The van der Waals surface area contributed by atoms with Crippen molar-refractivity contribution in [2.24, 2.45) is 0 Å². The van der Waals surface area contributed by atoms with Crippen molar-refractivity contribution in [2.75, 3.05) is 6.61 Å². The van der Waals surface area contributed by atoms with Crippen molar-refractivity contribution in [3.8, 4) is 11.8 Å². The minimum Gasteiger partial charge on any atom is -0.481 e. The molecule has 0 aromatic heterocycles. The summed E-state index contributed by atoms with van der Waals surface area (Å²) >= 11 is 0. The zero-order chi connectivity index (χ0) is 19.2. The Morgan fingerprint density at radius 3 is 2.31 bits per heavy atom. The molecule has 0 unspecified atom stereocenters. The summed E-state index contributed by atoms with van der Waals surface area (Å²) < 4.78 is 5.15. The zero-order valence-electron chi connectivity index (χ0n) is 15.2. The Kier molecular flexibility index (Phi) is 6.19. The Hall–Kier alpha value is -3.06. The van der Waals surface area contributed by atoms with E-state index in [4.69, 9.17) is 9.84 Å². The highest BCUT2D eigenvalue weighted by atomic mass is 16.5. The fourth-order valence-corrected chi connectivity index (χ4v) is 2.44. The number of ether oxygens (including phenoxy) is 1. The number of hydrogen-bond donors (Lipinski definition) is 1. The van der Waals surface area contributed by atoms with Gasteiger partial charge < -0.3 is 9.84 Å². The summed E-state index contributed by atoms with van der Waals surface area (Å²) in [5, 5.41) is 8.79. The molecule has 2 aromatic rings. The first-order chi connectivity index (χ1) is 12.3. The summed E-state index contributed by atoms with van der Waals surface area (Å²) in [7, 11) is 0. The van der Waals surface area contributed by atoms with E-state index in [-0.39, 0.29) is 12.4 Å². The number of carboxylic acid groups (broad SMARTS) is 1. The standard InChI is InChI=1S/C22H22O4/c1-4-26-21(25)22(2,3)19-7-5-6-17(14-19)11-8-16-9-12-18(13-10-16)15-20(23)24/h5-7,9-10,12-14H,4,15H2,1-3H3,(H,23,24). The highest BCUT2D eigenvalue weighted by Gasteiger charge is 2.31. The number of carbonyl (C=O) groups is 2. The SMILES string of the molecule is CCOC(=O)C(C)(C)c1cccc(C#Cc2ccc(CC(=O)O)cc2)c1. The van der Waals surface area contributed by atoms with E-state index in [1.807, 2.05) is 38.1 Å². The highest BCUT2D eigenvalue weighted by Crippen LogP contribution is 2.25. The van der Waals surface area contributed by atoms with E-state index in [9.17, 15) is 9.59 Å². The molecule has 0 radical (unpaired) electrons. The molecule has 0 aliphatic heterocycles. The lowest BCUT2D eigenvalue weighted by atomic mass is 9.84. The maximum atomic E-state index is 12.2. The van der Waals surface area contributed by atoms with Crippen LogP contribution in [0.3, 0.4) is 0 Å². The Morgan fingerprint density at radius 1 is 1.04 bits per heavy atom. The minimum atomic E-state index is -0.857. The maximum Gasteiger partial charge on any atom is 0.315 e. The number of rotatable bonds is 5. The van der Waals surface area contributed by atoms with E-state index in [2.05, 4.69) is 11.8 Å². The molecule has 0 aliphatic rings. The minimum absolute atomic E-state index is 0.00129. The molecule has 0 bridgehead atoms. The van der Waals surface area contributed by atoms with Crippen molar-refractivity contribution in [1.82, 2.24) is 0 Å². The van der Waals surface area contributed by atoms with Gasteiger partial charge in [0, 0.05) is 11.1 Å². The van der Waals surface area contributed by atoms with Crippen LogP contribution < -0.4 is 0 Å². The van der Waals surface area contributed by atoms with E-state index in [0.717, 1.165) is 22.3 Å². The molecular weight excluding hydrogens is 328 g/mol. The average Bonchev–Trinajstić information content (AvgIpc) is 2.61. The second-order valence-electron chi connectivity index (χ2n) is 6.44. The number of carboxylic acids is 1. The molecule has 0 saturated heterocycles. The van der Waals surface area contributed by atoms with Crippen LogP contribution in [0.1, 0.15) is 43.0 Å². The van der Waals surface area contributed by atoms with E-state index in [1.54, 1.807) is 31.2 Å². The molecule has 2 rings (SSSR count). The molecule has 26 heavy (non-hydrogen) atoms. The van der Waals surface area contributed by atoms with Gasteiger partial charge in [-0.15, -0.1) is 0 Å². The molecule has 4 heteroatoms. The molecule has 0 saturated carbocycles. The molecule has 134 valence electrons. The summed E-state index contributed by atoms with van der Waals surface area (Å²) in [6.07, 6.45) is -0.00129. The van der Waals surface area contributed by atoms with Gasteiger partial charge in [-0.25, -0.2) is 0 Å². The topological polar surface area (TPSA) is 63.6 Å². The first-order valence-corrected chi connectivity index (χ1v) is 8.43. The van der Waals surface area contributed by atoms with E-state index < -0.39 is 11.4 Å². The number of esters is 1. The van der Waals surface area contributed by atoms with Crippen LogP contribution in [0.25, 0.3) is 0 Å². The van der Waals surface area contributed by atoms with Crippen LogP contribution >= 0.6 is 0 Å². The summed E-state index contributed by atoms with van der Waals surface area (Å²) in [6.45, 7) is 5.80. The van der Waals surface area contributed by atoms with Gasteiger partial charge in [-0.2, -0.15) is 0 Å². The van der Waals surface area contributed by atoms with E-state index in [0.29, 0.717) is 6.61 Å². The molecule has 0 fully saturated rings. The van der Waals surface area contributed by atoms with Crippen molar-refractivity contribution in [3.05, 3.63) is 70.8 Å². The van der Waals surface area contributed by atoms with Crippen LogP contribution in [0.5, 0.6) is 0 Å². The van der Waals surface area contributed by atoms with Crippen LogP contribution in [-0.2, 0) is 26.2 Å². The van der Waals surface area contributed by atoms with Crippen molar-refractivity contribution >= 4 is 11.9 Å². The Labute approximate surface area is 153 Å². The smallest absolute Gasteiger partial charge is 0.315 e. The van der Waals surface area contributed by atoms with Crippen LogP contribution in [0.15, 0.2) is 48.5 Å². The van der Waals surface area contributed by atoms with Gasteiger partial charge in [0.25, 0.3) is 0 Å². The molecule has 2 aromatic carbocycles. The fourth-order valence-electron chi connectivity index (χ4n) is 2.44. The average molecular weight is 350 g/mol.